The molecule has 6 nitrogen and oxygen atoms in total. The van der Waals surface area contributed by atoms with Crippen molar-refractivity contribution in [3.05, 3.63) is 89.3 Å². The summed E-state index contributed by atoms with van der Waals surface area (Å²) in [5.41, 5.74) is 5.62. The van der Waals surface area contributed by atoms with Crippen LogP contribution in [0.5, 0.6) is 11.5 Å². The molecule has 1 amide bonds. The molecule has 1 N–H and O–H groups in total. The molecule has 0 aliphatic rings. The maximum Gasteiger partial charge on any atom is 0.308 e. The van der Waals surface area contributed by atoms with E-state index in [1.54, 1.807) is 35.6 Å². The average Bonchev–Trinajstić information content (AvgIpc) is 3.34. The highest BCUT2D eigenvalue weighted by Crippen LogP contribution is 2.31. The van der Waals surface area contributed by atoms with E-state index in [9.17, 15) is 9.59 Å². The molecule has 3 aromatic carbocycles. The molecule has 0 bridgehead atoms. The lowest BCUT2D eigenvalue weighted by Gasteiger charge is -2.08. The van der Waals surface area contributed by atoms with E-state index in [-0.39, 0.29) is 5.91 Å². The molecular weight excluding hydrogens is 460 g/mol. The van der Waals surface area contributed by atoms with Gasteiger partial charge >= 0.3 is 5.97 Å². The molecule has 7 heteroatoms. The third-order valence-electron chi connectivity index (χ3n) is 5.20. The van der Waals surface area contributed by atoms with Gasteiger partial charge in [-0.1, -0.05) is 42.5 Å². The molecule has 0 saturated carbocycles. The number of rotatable bonds is 7. The standard InChI is InChI=1S/C28H24N2O4S/c1-18-6-4-5-7-23(18)28-30-24(17-35-28)21-10-12-22(13-11-21)29-27(32)15-9-20-8-14-25(34-19(2)31)26(16-20)33-3/h4-17H,1-3H3,(H,29,32)/b15-9+. The molecular formula is C28H24N2O4S. The predicted octanol–water partition coefficient (Wildman–Crippen LogP) is 6.37. The highest BCUT2D eigenvalue weighted by atomic mass is 32.1. The fourth-order valence-corrected chi connectivity index (χ4v) is 4.37. The van der Waals surface area contributed by atoms with Crippen LogP contribution in [0.1, 0.15) is 18.1 Å². The van der Waals surface area contributed by atoms with E-state index >= 15 is 0 Å². The molecule has 1 aromatic heterocycles. The molecule has 0 radical (unpaired) electrons. The van der Waals surface area contributed by atoms with Crippen molar-refractivity contribution in [3.63, 3.8) is 0 Å². The van der Waals surface area contributed by atoms with Gasteiger partial charge < -0.3 is 14.8 Å². The molecule has 35 heavy (non-hydrogen) atoms. The van der Waals surface area contributed by atoms with E-state index in [0.29, 0.717) is 17.2 Å². The van der Waals surface area contributed by atoms with Gasteiger partial charge in [-0.25, -0.2) is 4.98 Å². The van der Waals surface area contributed by atoms with Crippen molar-refractivity contribution in [2.45, 2.75) is 13.8 Å². The quantitative estimate of drug-likeness (QED) is 0.187. The van der Waals surface area contributed by atoms with Crippen LogP contribution in [0.3, 0.4) is 0 Å². The van der Waals surface area contributed by atoms with E-state index in [1.807, 2.05) is 41.8 Å². The Hall–Kier alpha value is -4.23. The molecule has 1 heterocycles. The maximum atomic E-state index is 12.4. The van der Waals surface area contributed by atoms with Crippen molar-refractivity contribution >= 4 is 35.0 Å². The highest BCUT2D eigenvalue weighted by Gasteiger charge is 2.10. The van der Waals surface area contributed by atoms with Crippen molar-refractivity contribution in [3.8, 4) is 33.3 Å². The highest BCUT2D eigenvalue weighted by molar-refractivity contribution is 7.13. The van der Waals surface area contributed by atoms with Gasteiger partial charge in [0.15, 0.2) is 11.5 Å². The minimum absolute atomic E-state index is 0.267. The molecule has 0 atom stereocenters. The Kier molecular flexibility index (Phi) is 7.38. The number of ether oxygens (including phenoxy) is 2. The average molecular weight is 485 g/mol. The molecule has 0 fully saturated rings. The first kappa shape index (κ1) is 23.9. The SMILES string of the molecule is COc1cc(/C=C/C(=O)Nc2ccc(-c3csc(-c4ccccc4C)n3)cc2)ccc1OC(C)=O. The van der Waals surface area contributed by atoms with Crippen LogP contribution in [0, 0.1) is 6.92 Å². The largest absolute Gasteiger partial charge is 0.493 e. The normalized spacial score (nSPS) is 10.8. The summed E-state index contributed by atoms with van der Waals surface area (Å²) in [6.45, 7) is 3.40. The summed E-state index contributed by atoms with van der Waals surface area (Å²) in [4.78, 5) is 28.4. The first-order valence-corrected chi connectivity index (χ1v) is 11.8. The lowest BCUT2D eigenvalue weighted by molar-refractivity contribution is -0.132. The Morgan fingerprint density at radius 3 is 2.49 bits per heavy atom. The van der Waals surface area contributed by atoms with Crippen molar-refractivity contribution < 1.29 is 19.1 Å². The van der Waals surface area contributed by atoms with Crippen LogP contribution >= 0.6 is 11.3 Å². The zero-order chi connectivity index (χ0) is 24.8. The number of nitrogens with one attached hydrogen (secondary N) is 1. The van der Waals surface area contributed by atoms with Gasteiger partial charge in [-0.2, -0.15) is 0 Å². The topological polar surface area (TPSA) is 77.5 Å². The Morgan fingerprint density at radius 1 is 1.00 bits per heavy atom. The van der Waals surface area contributed by atoms with Gasteiger partial charge in [0.1, 0.15) is 5.01 Å². The van der Waals surface area contributed by atoms with E-state index in [4.69, 9.17) is 14.5 Å². The van der Waals surface area contributed by atoms with Crippen molar-refractivity contribution in [1.29, 1.82) is 0 Å². The minimum Gasteiger partial charge on any atom is -0.493 e. The summed E-state index contributed by atoms with van der Waals surface area (Å²) in [6, 6.07) is 20.8. The molecule has 0 aliphatic heterocycles. The number of benzene rings is 3. The number of aryl methyl sites for hydroxylation is 1. The summed E-state index contributed by atoms with van der Waals surface area (Å²) in [7, 11) is 1.49. The molecule has 0 spiro atoms. The van der Waals surface area contributed by atoms with Gasteiger partial charge in [0, 0.05) is 35.2 Å². The number of amides is 1. The van der Waals surface area contributed by atoms with Crippen LogP contribution in [0.2, 0.25) is 0 Å². The summed E-state index contributed by atoms with van der Waals surface area (Å²) in [6.07, 6.45) is 3.09. The van der Waals surface area contributed by atoms with Crippen LogP contribution in [-0.4, -0.2) is 24.0 Å². The van der Waals surface area contributed by atoms with Crippen LogP contribution in [0.4, 0.5) is 5.69 Å². The summed E-state index contributed by atoms with van der Waals surface area (Å²) >= 11 is 1.61. The Labute approximate surface area is 207 Å². The van der Waals surface area contributed by atoms with Gasteiger partial charge in [-0.3, -0.25) is 9.59 Å². The van der Waals surface area contributed by atoms with Crippen LogP contribution in [-0.2, 0) is 9.59 Å². The maximum absolute atomic E-state index is 12.4. The molecule has 0 saturated heterocycles. The Morgan fingerprint density at radius 2 is 1.77 bits per heavy atom. The number of hydrogen-bond acceptors (Lipinski definition) is 6. The summed E-state index contributed by atoms with van der Waals surface area (Å²) in [5.74, 6) is 0.0357. The minimum atomic E-state index is -0.432. The lowest BCUT2D eigenvalue weighted by Crippen LogP contribution is -2.07. The van der Waals surface area contributed by atoms with Gasteiger partial charge in [0.25, 0.3) is 0 Å². The third kappa shape index (κ3) is 6.02. The zero-order valence-corrected chi connectivity index (χ0v) is 20.4. The van der Waals surface area contributed by atoms with Gasteiger partial charge in [0.05, 0.1) is 12.8 Å². The smallest absolute Gasteiger partial charge is 0.308 e. The second kappa shape index (κ2) is 10.8. The fourth-order valence-electron chi connectivity index (χ4n) is 3.45. The van der Waals surface area contributed by atoms with Crippen molar-refractivity contribution in [1.82, 2.24) is 4.98 Å². The number of thiazole rings is 1. The first-order chi connectivity index (χ1) is 16.9. The molecule has 4 aromatic rings. The molecule has 4 rings (SSSR count). The van der Waals surface area contributed by atoms with Crippen LogP contribution in [0.25, 0.3) is 27.9 Å². The van der Waals surface area contributed by atoms with E-state index in [0.717, 1.165) is 27.4 Å². The number of carbonyl (C=O) groups excluding carboxylic acids is 2. The van der Waals surface area contributed by atoms with E-state index in [1.165, 1.54) is 25.7 Å². The van der Waals surface area contributed by atoms with E-state index in [2.05, 4.69) is 24.4 Å². The van der Waals surface area contributed by atoms with Crippen LogP contribution in [0.15, 0.2) is 78.2 Å². The number of methoxy groups -OCH3 is 1. The monoisotopic (exact) mass is 484 g/mol. The van der Waals surface area contributed by atoms with Crippen molar-refractivity contribution in [2.75, 3.05) is 12.4 Å². The molecule has 0 aliphatic carbocycles. The number of aromatic nitrogens is 1. The number of hydrogen-bond donors (Lipinski definition) is 1. The van der Waals surface area contributed by atoms with Crippen LogP contribution < -0.4 is 14.8 Å². The number of anilines is 1. The predicted molar refractivity (Wildman–Crippen MR) is 140 cm³/mol. The first-order valence-electron chi connectivity index (χ1n) is 10.9. The third-order valence-corrected chi connectivity index (χ3v) is 6.07. The number of esters is 1. The van der Waals surface area contributed by atoms with Crippen molar-refractivity contribution in [2.24, 2.45) is 0 Å². The zero-order valence-electron chi connectivity index (χ0n) is 19.6. The summed E-state index contributed by atoms with van der Waals surface area (Å²) in [5, 5.41) is 5.88. The second-order valence-corrected chi connectivity index (χ2v) is 8.61. The summed E-state index contributed by atoms with van der Waals surface area (Å²) < 4.78 is 10.3. The molecule has 0 unspecified atom stereocenters. The Bertz CT molecular complexity index is 1390. The van der Waals surface area contributed by atoms with Gasteiger partial charge in [-0.15, -0.1) is 11.3 Å². The number of nitrogens with zero attached hydrogens (tertiary/aromatic N) is 1. The van der Waals surface area contributed by atoms with Gasteiger partial charge in [-0.05, 0) is 48.4 Å². The Balaban J connectivity index is 1.40. The fraction of sp³-hybridized carbons (Fsp3) is 0.107. The molecule has 176 valence electrons. The van der Waals surface area contributed by atoms with Gasteiger partial charge in [0.2, 0.25) is 5.91 Å². The van der Waals surface area contributed by atoms with E-state index < -0.39 is 5.97 Å². The second-order valence-electron chi connectivity index (χ2n) is 7.76. The number of carbonyl (C=O) groups is 2. The lowest BCUT2D eigenvalue weighted by atomic mass is 10.1.